The fourth-order valence-electron chi connectivity index (χ4n) is 4.29. The van der Waals surface area contributed by atoms with Gasteiger partial charge >= 0.3 is 8.80 Å². The van der Waals surface area contributed by atoms with Crippen LogP contribution in [0, 0.1) is 0 Å². The highest BCUT2D eigenvalue weighted by Gasteiger charge is 2.47. The summed E-state index contributed by atoms with van der Waals surface area (Å²) >= 11 is 0. The van der Waals surface area contributed by atoms with E-state index in [0.29, 0.717) is 5.16 Å². The van der Waals surface area contributed by atoms with Crippen LogP contribution >= 0.6 is 0 Å². The van der Waals surface area contributed by atoms with Crippen molar-refractivity contribution in [3.8, 4) is 0 Å². The molecule has 0 aliphatic carbocycles. The Labute approximate surface area is 196 Å². The van der Waals surface area contributed by atoms with Crippen molar-refractivity contribution in [3.63, 3.8) is 0 Å². The summed E-state index contributed by atoms with van der Waals surface area (Å²) in [4.78, 5) is 10.4. The summed E-state index contributed by atoms with van der Waals surface area (Å²) in [5.41, 5.74) is 0. The smallest absolute Gasteiger partial charge is 0.455 e. The van der Waals surface area contributed by atoms with Gasteiger partial charge in [0.1, 0.15) is 0 Å². The third kappa shape index (κ3) is 7.55. The Bertz CT molecular complexity index is 689. The third-order valence-corrected chi connectivity index (χ3v) is 28.0. The van der Waals surface area contributed by atoms with E-state index in [-0.39, 0.29) is 0 Å². The number of hydrogen-bond acceptors (Lipinski definition) is 5. The molecule has 10 heteroatoms. The van der Waals surface area contributed by atoms with Crippen molar-refractivity contribution in [2.24, 2.45) is 0 Å². The minimum atomic E-state index is -2.58. The molecular formula is C21H46O5Si5. The van der Waals surface area contributed by atoms with Gasteiger partial charge in [0.25, 0.3) is 0 Å². The predicted octanol–water partition coefficient (Wildman–Crippen LogP) is 4.24. The molecule has 1 N–H and O–H groups in total. The molecular weight excluding hydrogens is 473 g/mol. The van der Waals surface area contributed by atoms with Crippen LogP contribution < -0.4 is 10.4 Å². The summed E-state index contributed by atoms with van der Waals surface area (Å²) in [5, 5.41) is 3.08. The van der Waals surface area contributed by atoms with E-state index in [1.165, 1.54) is 5.19 Å². The molecule has 0 radical (unpaired) electrons. The van der Waals surface area contributed by atoms with Gasteiger partial charge in [0.2, 0.25) is 8.32 Å². The van der Waals surface area contributed by atoms with Gasteiger partial charge in [-0.15, -0.1) is 0 Å². The van der Waals surface area contributed by atoms with E-state index in [0.717, 1.165) is 17.3 Å². The van der Waals surface area contributed by atoms with E-state index >= 15 is 0 Å². The lowest BCUT2D eigenvalue weighted by Crippen LogP contribution is -2.58. The second kappa shape index (κ2) is 10.6. The Morgan fingerprint density at radius 2 is 1.16 bits per heavy atom. The number of rotatable bonds is 12. The van der Waals surface area contributed by atoms with Crippen LogP contribution in [0.4, 0.5) is 0 Å². The van der Waals surface area contributed by atoms with Gasteiger partial charge < -0.3 is 22.2 Å². The van der Waals surface area contributed by atoms with Crippen LogP contribution in [0.1, 0.15) is 6.92 Å². The average molecular weight is 519 g/mol. The largest absolute Gasteiger partial charge is 0.499 e. The van der Waals surface area contributed by atoms with Gasteiger partial charge in [-0.05, 0) is 55.7 Å². The molecule has 0 aromatic heterocycles. The van der Waals surface area contributed by atoms with Gasteiger partial charge in [-0.3, -0.25) is 0 Å². The molecule has 0 spiro atoms. The van der Waals surface area contributed by atoms with Gasteiger partial charge in [-0.1, -0.05) is 49.5 Å². The minimum Gasteiger partial charge on any atom is -0.455 e. The first-order chi connectivity index (χ1) is 14.0. The van der Waals surface area contributed by atoms with Gasteiger partial charge in [0.15, 0.2) is 16.6 Å². The van der Waals surface area contributed by atoms with Crippen molar-refractivity contribution in [1.82, 2.24) is 0 Å². The molecule has 0 aliphatic rings. The number of benzene rings is 1. The Kier molecular flexibility index (Phi) is 9.94. The molecule has 1 unspecified atom stereocenters. The van der Waals surface area contributed by atoms with Crippen molar-refractivity contribution in [2.75, 3.05) is 21.3 Å². The molecule has 0 heterocycles. The zero-order valence-electron chi connectivity index (χ0n) is 21.9. The lowest BCUT2D eigenvalue weighted by Gasteiger charge is -2.44. The third-order valence-electron chi connectivity index (χ3n) is 6.97. The van der Waals surface area contributed by atoms with Gasteiger partial charge in [-0.2, -0.15) is 0 Å². The summed E-state index contributed by atoms with van der Waals surface area (Å²) in [6.45, 7) is 20.6. The maximum absolute atomic E-state index is 10.4. The van der Waals surface area contributed by atoms with Crippen LogP contribution in [0.5, 0.6) is 0 Å². The van der Waals surface area contributed by atoms with Crippen molar-refractivity contribution in [3.05, 3.63) is 24.3 Å². The van der Waals surface area contributed by atoms with Crippen molar-refractivity contribution in [1.29, 1.82) is 0 Å². The van der Waals surface area contributed by atoms with Gasteiger partial charge in [0, 0.05) is 27.4 Å². The predicted molar refractivity (Wildman–Crippen MR) is 145 cm³/mol. The highest BCUT2D eigenvalue weighted by molar-refractivity contribution is 7.03. The fourth-order valence-corrected chi connectivity index (χ4v) is 26.3. The lowest BCUT2D eigenvalue weighted by atomic mass is 10.4. The number of hydrogen-bond donors (Lipinski definition) is 1. The summed E-state index contributed by atoms with van der Waals surface area (Å²) in [7, 11) is -5.46. The molecule has 0 fully saturated rings. The van der Waals surface area contributed by atoms with E-state index < -0.39 is 41.8 Å². The van der Waals surface area contributed by atoms with E-state index in [9.17, 15) is 4.80 Å². The second-order valence-corrected chi connectivity index (χ2v) is 32.0. The molecule has 1 aromatic rings. The molecule has 31 heavy (non-hydrogen) atoms. The second-order valence-electron chi connectivity index (χ2n) is 10.8. The molecule has 0 amide bonds. The SMILES string of the molecule is CO[Si](CC[Si](C)(C)O[Si](C)(C)C(C)[Si](C)(C)c1ccc([Si](C)(C)O)cc1)(OC)OC. The topological polar surface area (TPSA) is 57.2 Å². The highest BCUT2D eigenvalue weighted by Crippen LogP contribution is 2.36. The minimum absolute atomic E-state index is 0.547. The fraction of sp³-hybridized carbons (Fsp3) is 0.714. The Hall–Kier alpha value is 0.104. The Morgan fingerprint density at radius 1 is 0.742 bits per heavy atom. The summed E-state index contributed by atoms with van der Waals surface area (Å²) in [5.74, 6) is 0. The van der Waals surface area contributed by atoms with Crippen molar-refractivity contribution < 1.29 is 22.2 Å². The summed E-state index contributed by atoms with van der Waals surface area (Å²) in [6, 6.07) is 10.5. The van der Waals surface area contributed by atoms with E-state index in [4.69, 9.17) is 17.4 Å². The molecule has 1 aromatic carbocycles. The summed E-state index contributed by atoms with van der Waals surface area (Å²) < 4.78 is 23.9. The molecule has 1 rings (SSSR count). The normalized spacial score (nSPS) is 15.3. The molecule has 0 bridgehead atoms. The first-order valence-electron chi connectivity index (χ1n) is 11.2. The van der Waals surface area contributed by atoms with Gasteiger partial charge in [-0.25, -0.2) is 0 Å². The van der Waals surface area contributed by atoms with Crippen LogP contribution in [-0.2, 0) is 17.4 Å². The van der Waals surface area contributed by atoms with Crippen LogP contribution in [0.15, 0.2) is 24.3 Å². The lowest BCUT2D eigenvalue weighted by molar-refractivity contribution is 0.125. The molecule has 0 saturated carbocycles. The van der Waals surface area contributed by atoms with E-state index in [1.807, 2.05) is 13.1 Å². The maximum Gasteiger partial charge on any atom is 0.499 e. The monoisotopic (exact) mass is 518 g/mol. The maximum atomic E-state index is 10.4. The average Bonchev–Trinajstić information content (AvgIpc) is 2.67. The van der Waals surface area contributed by atoms with Gasteiger partial charge in [0.05, 0.1) is 8.07 Å². The first-order valence-corrected chi connectivity index (χ1v) is 25.2. The quantitative estimate of drug-likeness (QED) is 0.419. The molecule has 180 valence electrons. The van der Waals surface area contributed by atoms with Crippen LogP contribution in [0.2, 0.25) is 69.6 Å². The van der Waals surface area contributed by atoms with Crippen molar-refractivity contribution >= 4 is 52.2 Å². The molecule has 5 nitrogen and oxygen atoms in total. The van der Waals surface area contributed by atoms with Crippen molar-refractivity contribution in [2.45, 2.75) is 76.6 Å². The van der Waals surface area contributed by atoms with E-state index in [1.54, 1.807) is 21.3 Å². The standard InChI is InChI=1S/C21H46O5Si5/c1-19(28(7,8)20-13-15-21(16-14-20)29(9,10)22)30(11,12)26-27(5,6)17-18-31(23-2,24-3)25-4/h13-16,19,22H,17-18H2,1-12H3. The van der Waals surface area contributed by atoms with Crippen LogP contribution in [0.3, 0.4) is 0 Å². The Balaban J connectivity index is 3.00. The molecule has 1 atom stereocenters. The first kappa shape index (κ1) is 29.1. The summed E-state index contributed by atoms with van der Waals surface area (Å²) in [6.07, 6.45) is 0. The van der Waals surface area contributed by atoms with Crippen LogP contribution in [-0.4, -0.2) is 68.0 Å². The molecule has 0 aliphatic heterocycles. The van der Waals surface area contributed by atoms with E-state index in [2.05, 4.69) is 70.5 Å². The zero-order valence-corrected chi connectivity index (χ0v) is 26.9. The van der Waals surface area contributed by atoms with Crippen LogP contribution in [0.25, 0.3) is 0 Å². The highest BCUT2D eigenvalue weighted by atomic mass is 28.5. The Morgan fingerprint density at radius 3 is 1.55 bits per heavy atom. The zero-order chi connectivity index (χ0) is 24.3. The molecule has 0 saturated heterocycles.